The smallest absolute Gasteiger partial charge is 0.339 e. The highest BCUT2D eigenvalue weighted by Gasteiger charge is 2.29. The number of carbonyl (C=O) groups is 1. The maximum atomic E-state index is 11.1. The number of amides is 2. The average molecular weight is 319 g/mol. The van der Waals surface area contributed by atoms with Crippen LogP contribution in [-0.4, -0.2) is 16.3 Å². The number of benzene rings is 2. The molecule has 114 valence electrons. The third-order valence-corrected chi connectivity index (χ3v) is 3.98. The lowest BCUT2D eigenvalue weighted by atomic mass is 10.1. The third-order valence-electron chi connectivity index (χ3n) is 3.73. The fourth-order valence-electron chi connectivity index (χ4n) is 2.68. The van der Waals surface area contributed by atoms with E-state index in [4.69, 9.17) is 22.1 Å². The highest BCUT2D eigenvalue weighted by Crippen LogP contribution is 2.37. The number of ether oxygens (including phenoxy) is 1. The molecule has 1 aliphatic carbocycles. The molecule has 0 saturated heterocycles. The summed E-state index contributed by atoms with van der Waals surface area (Å²) in [7, 11) is 0. The molecule has 5 nitrogen and oxygen atoms in total. The predicted molar refractivity (Wildman–Crippen MR) is 82.2 cm³/mol. The van der Waals surface area contributed by atoms with Gasteiger partial charge >= 0.3 is 6.03 Å². The van der Waals surface area contributed by atoms with Gasteiger partial charge in [0.05, 0.1) is 6.04 Å². The van der Waals surface area contributed by atoms with Crippen molar-refractivity contribution in [1.82, 2.24) is 5.06 Å². The zero-order valence-corrected chi connectivity index (χ0v) is 12.5. The molecule has 3 N–H and O–H groups in total. The number of hydrogen-bond donors (Lipinski definition) is 2. The summed E-state index contributed by atoms with van der Waals surface area (Å²) in [5, 5.41) is 11.0. The minimum Gasteiger partial charge on any atom is -0.457 e. The van der Waals surface area contributed by atoms with Gasteiger partial charge in [-0.2, -0.15) is 5.06 Å². The van der Waals surface area contributed by atoms with E-state index in [1.54, 1.807) is 30.3 Å². The van der Waals surface area contributed by atoms with E-state index in [1.807, 2.05) is 12.1 Å². The Labute approximate surface area is 132 Å². The highest BCUT2D eigenvalue weighted by molar-refractivity contribution is 6.30. The van der Waals surface area contributed by atoms with Gasteiger partial charge < -0.3 is 10.5 Å². The second kappa shape index (κ2) is 5.87. The second-order valence-corrected chi connectivity index (χ2v) is 5.59. The molecule has 6 heteroatoms. The number of aryl methyl sites for hydroxylation is 1. The first-order chi connectivity index (χ1) is 10.5. The van der Waals surface area contributed by atoms with E-state index in [2.05, 4.69) is 0 Å². The van der Waals surface area contributed by atoms with Crippen molar-refractivity contribution < 1.29 is 14.7 Å². The Balaban J connectivity index is 1.80. The number of carbonyl (C=O) groups excluding carboxylic acids is 1. The van der Waals surface area contributed by atoms with Gasteiger partial charge in [-0.1, -0.05) is 17.7 Å². The number of primary amides is 1. The summed E-state index contributed by atoms with van der Waals surface area (Å²) in [6, 6.07) is 11.4. The Hall–Kier alpha value is -2.24. The molecule has 1 aliphatic rings. The first-order valence-corrected chi connectivity index (χ1v) is 7.26. The van der Waals surface area contributed by atoms with Crippen molar-refractivity contribution in [3.05, 3.63) is 58.6 Å². The van der Waals surface area contributed by atoms with Gasteiger partial charge in [-0.15, -0.1) is 0 Å². The first kappa shape index (κ1) is 14.7. The van der Waals surface area contributed by atoms with Crippen LogP contribution in [0.3, 0.4) is 0 Å². The summed E-state index contributed by atoms with van der Waals surface area (Å²) >= 11 is 5.84. The van der Waals surface area contributed by atoms with Gasteiger partial charge in [0.15, 0.2) is 0 Å². The lowest BCUT2D eigenvalue weighted by Gasteiger charge is -2.20. The summed E-state index contributed by atoms with van der Waals surface area (Å²) in [5.74, 6) is 1.39. The summed E-state index contributed by atoms with van der Waals surface area (Å²) < 4.78 is 5.78. The molecule has 2 aromatic rings. The number of halogens is 1. The van der Waals surface area contributed by atoms with Gasteiger partial charge in [0.1, 0.15) is 11.5 Å². The molecule has 22 heavy (non-hydrogen) atoms. The van der Waals surface area contributed by atoms with E-state index in [0.717, 1.165) is 17.5 Å². The van der Waals surface area contributed by atoms with Crippen molar-refractivity contribution >= 4 is 17.6 Å². The Kier molecular flexibility index (Phi) is 3.92. The van der Waals surface area contributed by atoms with Crippen LogP contribution >= 0.6 is 11.6 Å². The monoisotopic (exact) mass is 318 g/mol. The summed E-state index contributed by atoms with van der Waals surface area (Å²) in [4.78, 5) is 11.1. The molecule has 0 spiro atoms. The molecular formula is C16H15ClN2O3. The van der Waals surface area contributed by atoms with Gasteiger partial charge in [-0.05, 0) is 60.4 Å². The highest BCUT2D eigenvalue weighted by atomic mass is 35.5. The largest absolute Gasteiger partial charge is 0.457 e. The van der Waals surface area contributed by atoms with Gasteiger partial charge in [0.2, 0.25) is 0 Å². The second-order valence-electron chi connectivity index (χ2n) is 5.15. The van der Waals surface area contributed by atoms with E-state index in [0.29, 0.717) is 28.0 Å². The molecule has 0 heterocycles. The van der Waals surface area contributed by atoms with Crippen LogP contribution in [0.15, 0.2) is 42.5 Å². The number of nitrogens with zero attached hydrogens (tertiary/aromatic N) is 1. The van der Waals surface area contributed by atoms with Crippen LogP contribution in [0.1, 0.15) is 23.6 Å². The normalized spacial score (nSPS) is 16.2. The van der Waals surface area contributed by atoms with Crippen molar-refractivity contribution in [1.29, 1.82) is 0 Å². The zero-order chi connectivity index (χ0) is 15.7. The number of rotatable bonds is 3. The van der Waals surface area contributed by atoms with Crippen LogP contribution in [0.4, 0.5) is 4.79 Å². The summed E-state index contributed by atoms with van der Waals surface area (Å²) in [5.41, 5.74) is 7.05. The van der Waals surface area contributed by atoms with Crippen molar-refractivity contribution in [3.8, 4) is 11.5 Å². The maximum Gasteiger partial charge on any atom is 0.339 e. The van der Waals surface area contributed by atoms with E-state index < -0.39 is 12.1 Å². The van der Waals surface area contributed by atoms with Crippen LogP contribution in [0.5, 0.6) is 11.5 Å². The lowest BCUT2D eigenvalue weighted by molar-refractivity contribution is -0.0757. The molecule has 2 amide bonds. The number of fused-ring (bicyclic) bond motifs is 1. The van der Waals surface area contributed by atoms with Crippen LogP contribution in [0.25, 0.3) is 0 Å². The maximum absolute atomic E-state index is 11.1. The van der Waals surface area contributed by atoms with Crippen molar-refractivity contribution in [2.45, 2.75) is 18.9 Å². The molecule has 0 radical (unpaired) electrons. The van der Waals surface area contributed by atoms with Gasteiger partial charge in [0, 0.05) is 5.02 Å². The lowest BCUT2D eigenvalue weighted by Crippen LogP contribution is -2.35. The molecule has 0 bridgehead atoms. The van der Waals surface area contributed by atoms with Crippen molar-refractivity contribution in [2.24, 2.45) is 5.73 Å². The topological polar surface area (TPSA) is 75.8 Å². The fourth-order valence-corrected chi connectivity index (χ4v) is 2.81. The molecule has 0 saturated carbocycles. The van der Waals surface area contributed by atoms with Crippen molar-refractivity contribution in [3.63, 3.8) is 0 Å². The van der Waals surface area contributed by atoms with E-state index in [1.165, 1.54) is 0 Å². The first-order valence-electron chi connectivity index (χ1n) is 6.88. The van der Waals surface area contributed by atoms with E-state index >= 15 is 0 Å². The van der Waals surface area contributed by atoms with Gasteiger partial charge in [-0.25, -0.2) is 4.79 Å². The van der Waals surface area contributed by atoms with Crippen LogP contribution < -0.4 is 10.5 Å². The van der Waals surface area contributed by atoms with Crippen LogP contribution in [0, 0.1) is 0 Å². The molecule has 2 aromatic carbocycles. The fraction of sp³-hybridized carbons (Fsp3) is 0.188. The van der Waals surface area contributed by atoms with Crippen molar-refractivity contribution in [2.75, 3.05) is 0 Å². The summed E-state index contributed by atoms with van der Waals surface area (Å²) in [6.07, 6.45) is 1.39. The van der Waals surface area contributed by atoms with Crippen LogP contribution in [0.2, 0.25) is 5.02 Å². The molecule has 0 aliphatic heterocycles. The van der Waals surface area contributed by atoms with E-state index in [-0.39, 0.29) is 0 Å². The molecule has 0 fully saturated rings. The standard InChI is InChI=1S/C16H15ClN2O3/c17-11-2-4-12(5-3-11)22-13-6-7-14-10(9-13)1-8-15(14)19(21)16(18)20/h2-7,9,15,21H,1,8H2,(H2,18,20). The average Bonchev–Trinajstić information content (AvgIpc) is 2.91. The Morgan fingerprint density at radius 3 is 2.59 bits per heavy atom. The third kappa shape index (κ3) is 2.86. The Bertz CT molecular complexity index is 703. The molecule has 3 rings (SSSR count). The predicted octanol–water partition coefficient (Wildman–Crippen LogP) is 3.89. The van der Waals surface area contributed by atoms with Gasteiger partial charge in [-0.3, -0.25) is 5.21 Å². The zero-order valence-electron chi connectivity index (χ0n) is 11.7. The van der Waals surface area contributed by atoms with Gasteiger partial charge in [0.25, 0.3) is 0 Å². The Morgan fingerprint density at radius 1 is 1.23 bits per heavy atom. The number of urea groups is 1. The quantitative estimate of drug-likeness (QED) is 0.666. The number of nitrogens with two attached hydrogens (primary N) is 1. The molecular weight excluding hydrogens is 304 g/mol. The molecule has 1 atom stereocenters. The number of hydrogen-bond acceptors (Lipinski definition) is 3. The van der Waals surface area contributed by atoms with Crippen LogP contribution in [-0.2, 0) is 6.42 Å². The Morgan fingerprint density at radius 2 is 1.91 bits per heavy atom. The minimum absolute atomic E-state index is 0.392. The summed E-state index contributed by atoms with van der Waals surface area (Å²) in [6.45, 7) is 0. The molecule has 0 aromatic heterocycles. The van der Waals surface area contributed by atoms with E-state index in [9.17, 15) is 10.0 Å². The minimum atomic E-state index is -0.848. The SMILES string of the molecule is NC(=O)N(O)C1CCc2cc(Oc3ccc(Cl)cc3)ccc21. The molecule has 1 unspecified atom stereocenters. The number of hydroxylamine groups is 2.